The van der Waals surface area contributed by atoms with Crippen LogP contribution in [0.1, 0.15) is 33.1 Å². The molecular formula is C15H20FNO2. The van der Waals surface area contributed by atoms with Crippen LogP contribution in [0, 0.1) is 11.7 Å². The van der Waals surface area contributed by atoms with Crippen molar-refractivity contribution in [2.45, 2.75) is 38.6 Å². The molecule has 1 saturated heterocycles. The summed E-state index contributed by atoms with van der Waals surface area (Å²) in [6.07, 6.45) is 1.91. The highest BCUT2D eigenvalue weighted by molar-refractivity contribution is 5.67. The molecular weight excluding hydrogens is 245 g/mol. The fourth-order valence-corrected chi connectivity index (χ4v) is 3.02. The van der Waals surface area contributed by atoms with Crippen molar-refractivity contribution in [3.63, 3.8) is 0 Å². The largest absolute Gasteiger partial charge is 0.481 e. The summed E-state index contributed by atoms with van der Waals surface area (Å²) in [4.78, 5) is 13.0. The lowest BCUT2D eigenvalue weighted by Gasteiger charge is -2.49. The van der Waals surface area contributed by atoms with Crippen molar-refractivity contribution >= 4 is 11.7 Å². The summed E-state index contributed by atoms with van der Waals surface area (Å²) in [5.41, 5.74) is 0.223. The van der Waals surface area contributed by atoms with Gasteiger partial charge in [0.1, 0.15) is 5.82 Å². The number of hydrogen-bond donors (Lipinski definition) is 1. The SMILES string of the molecule is CC1(C)C(CC(=O)O)CCCN1c1ccccc1F. The Labute approximate surface area is 113 Å². The number of piperidine rings is 1. The average molecular weight is 265 g/mol. The van der Waals surface area contributed by atoms with Gasteiger partial charge in [0, 0.05) is 12.1 Å². The maximum Gasteiger partial charge on any atom is 0.303 e. The number of benzene rings is 1. The van der Waals surface area contributed by atoms with Crippen LogP contribution in [0.25, 0.3) is 0 Å². The monoisotopic (exact) mass is 265 g/mol. The van der Waals surface area contributed by atoms with Crippen molar-refractivity contribution in [1.82, 2.24) is 0 Å². The normalized spacial score (nSPS) is 22.3. The van der Waals surface area contributed by atoms with Crippen LogP contribution in [0.2, 0.25) is 0 Å². The van der Waals surface area contributed by atoms with Crippen LogP contribution in [-0.2, 0) is 4.79 Å². The molecule has 1 N–H and O–H groups in total. The Morgan fingerprint density at radius 1 is 1.47 bits per heavy atom. The number of hydrogen-bond acceptors (Lipinski definition) is 2. The number of carbonyl (C=O) groups is 1. The molecule has 0 aliphatic carbocycles. The number of aliphatic carboxylic acids is 1. The summed E-state index contributed by atoms with van der Waals surface area (Å²) in [6, 6.07) is 6.70. The standard InChI is InChI=1S/C15H20FNO2/c1-15(2)11(10-14(18)19)6-5-9-17(15)13-8-4-3-7-12(13)16/h3-4,7-8,11H,5-6,9-10H2,1-2H3,(H,18,19). The second-order valence-electron chi connectivity index (χ2n) is 5.69. The topological polar surface area (TPSA) is 40.5 Å². The highest BCUT2D eigenvalue weighted by Gasteiger charge is 2.40. The molecule has 1 atom stereocenters. The number of anilines is 1. The van der Waals surface area contributed by atoms with Gasteiger partial charge in [-0.2, -0.15) is 0 Å². The zero-order valence-electron chi connectivity index (χ0n) is 11.4. The van der Waals surface area contributed by atoms with Crippen molar-refractivity contribution in [3.05, 3.63) is 30.1 Å². The second kappa shape index (κ2) is 5.19. The van der Waals surface area contributed by atoms with Gasteiger partial charge in [-0.3, -0.25) is 4.79 Å². The summed E-state index contributed by atoms with van der Waals surface area (Å²) >= 11 is 0. The first kappa shape index (κ1) is 13.8. The predicted molar refractivity (Wildman–Crippen MR) is 72.8 cm³/mol. The Kier molecular flexibility index (Phi) is 3.78. The van der Waals surface area contributed by atoms with Crippen molar-refractivity contribution in [1.29, 1.82) is 0 Å². The fraction of sp³-hybridized carbons (Fsp3) is 0.533. The fourth-order valence-electron chi connectivity index (χ4n) is 3.02. The number of carboxylic acid groups (broad SMARTS) is 1. The van der Waals surface area contributed by atoms with Crippen LogP contribution >= 0.6 is 0 Å². The summed E-state index contributed by atoms with van der Waals surface area (Å²) in [5, 5.41) is 9.02. The van der Waals surface area contributed by atoms with Gasteiger partial charge in [0.25, 0.3) is 0 Å². The molecule has 4 heteroatoms. The van der Waals surface area contributed by atoms with Gasteiger partial charge >= 0.3 is 5.97 Å². The third kappa shape index (κ3) is 2.72. The van der Waals surface area contributed by atoms with E-state index < -0.39 is 5.97 Å². The first-order valence-electron chi connectivity index (χ1n) is 6.67. The zero-order chi connectivity index (χ0) is 14.0. The van der Waals surface area contributed by atoms with E-state index in [0.717, 1.165) is 19.4 Å². The van der Waals surface area contributed by atoms with Gasteiger partial charge in [-0.1, -0.05) is 12.1 Å². The molecule has 0 aromatic heterocycles. The van der Waals surface area contributed by atoms with E-state index in [9.17, 15) is 9.18 Å². The maximum atomic E-state index is 13.9. The Bertz CT molecular complexity index is 473. The minimum Gasteiger partial charge on any atom is -0.481 e. The molecule has 1 aliphatic heterocycles. The molecule has 3 nitrogen and oxygen atoms in total. The van der Waals surface area contributed by atoms with Crippen molar-refractivity contribution in [2.24, 2.45) is 5.92 Å². The van der Waals surface area contributed by atoms with Crippen molar-refractivity contribution in [2.75, 3.05) is 11.4 Å². The van der Waals surface area contributed by atoms with E-state index in [2.05, 4.69) is 0 Å². The third-order valence-corrected chi connectivity index (χ3v) is 4.19. The van der Waals surface area contributed by atoms with Crippen LogP contribution in [0.3, 0.4) is 0 Å². The summed E-state index contributed by atoms with van der Waals surface area (Å²) < 4.78 is 13.9. The minimum absolute atomic E-state index is 0.0401. The molecule has 1 unspecified atom stereocenters. The van der Waals surface area contributed by atoms with E-state index in [1.807, 2.05) is 24.8 Å². The smallest absolute Gasteiger partial charge is 0.303 e. The van der Waals surface area contributed by atoms with E-state index in [4.69, 9.17) is 5.11 Å². The number of carboxylic acids is 1. The number of halogens is 1. The van der Waals surface area contributed by atoms with E-state index in [1.165, 1.54) is 6.07 Å². The molecule has 0 amide bonds. The van der Waals surface area contributed by atoms with Crippen molar-refractivity contribution < 1.29 is 14.3 Å². The highest BCUT2D eigenvalue weighted by Crippen LogP contribution is 2.39. The predicted octanol–water partition coefficient (Wildman–Crippen LogP) is 3.30. The van der Waals surface area contributed by atoms with Crippen LogP contribution < -0.4 is 4.90 Å². The lowest BCUT2D eigenvalue weighted by Crippen LogP contribution is -2.54. The molecule has 0 radical (unpaired) electrons. The molecule has 0 saturated carbocycles. The maximum absolute atomic E-state index is 13.9. The van der Waals surface area contributed by atoms with E-state index in [1.54, 1.807) is 12.1 Å². The lowest BCUT2D eigenvalue weighted by molar-refractivity contribution is -0.138. The molecule has 0 spiro atoms. The van der Waals surface area contributed by atoms with Crippen LogP contribution in [-0.4, -0.2) is 23.2 Å². The molecule has 1 aromatic carbocycles. The molecule has 19 heavy (non-hydrogen) atoms. The van der Waals surface area contributed by atoms with Gasteiger partial charge < -0.3 is 10.0 Å². The molecule has 104 valence electrons. The van der Waals surface area contributed by atoms with Gasteiger partial charge in [-0.25, -0.2) is 4.39 Å². The lowest BCUT2D eigenvalue weighted by atomic mass is 9.77. The first-order chi connectivity index (χ1) is 8.93. The summed E-state index contributed by atoms with van der Waals surface area (Å²) in [7, 11) is 0. The van der Waals surface area contributed by atoms with Crippen LogP contribution in [0.4, 0.5) is 10.1 Å². The molecule has 1 aliphatic rings. The van der Waals surface area contributed by atoms with Gasteiger partial charge in [0.05, 0.1) is 12.1 Å². The Morgan fingerprint density at radius 2 is 2.16 bits per heavy atom. The van der Waals surface area contributed by atoms with E-state index >= 15 is 0 Å². The highest BCUT2D eigenvalue weighted by atomic mass is 19.1. The number of rotatable bonds is 3. The van der Waals surface area contributed by atoms with Crippen LogP contribution in [0.5, 0.6) is 0 Å². The Hall–Kier alpha value is -1.58. The number of para-hydroxylation sites is 1. The average Bonchev–Trinajstić information content (AvgIpc) is 2.32. The zero-order valence-corrected chi connectivity index (χ0v) is 11.4. The van der Waals surface area contributed by atoms with Crippen molar-refractivity contribution in [3.8, 4) is 0 Å². The minimum atomic E-state index is -0.784. The summed E-state index contributed by atoms with van der Waals surface area (Å²) in [6.45, 7) is 4.78. The molecule has 0 bridgehead atoms. The van der Waals surface area contributed by atoms with E-state index in [0.29, 0.717) is 5.69 Å². The Balaban J connectivity index is 2.30. The molecule has 2 rings (SSSR count). The van der Waals surface area contributed by atoms with Gasteiger partial charge in [-0.15, -0.1) is 0 Å². The number of nitrogens with zero attached hydrogens (tertiary/aromatic N) is 1. The van der Waals surface area contributed by atoms with Gasteiger partial charge in [-0.05, 0) is 44.7 Å². The molecule has 1 heterocycles. The molecule has 1 aromatic rings. The van der Waals surface area contributed by atoms with Crippen LogP contribution in [0.15, 0.2) is 24.3 Å². The van der Waals surface area contributed by atoms with E-state index in [-0.39, 0.29) is 23.7 Å². The first-order valence-corrected chi connectivity index (χ1v) is 6.67. The van der Waals surface area contributed by atoms with Gasteiger partial charge in [0.15, 0.2) is 0 Å². The second-order valence-corrected chi connectivity index (χ2v) is 5.69. The quantitative estimate of drug-likeness (QED) is 0.911. The molecule has 1 fully saturated rings. The third-order valence-electron chi connectivity index (χ3n) is 4.19. The van der Waals surface area contributed by atoms with Gasteiger partial charge in [0.2, 0.25) is 0 Å². The Morgan fingerprint density at radius 3 is 2.79 bits per heavy atom. The summed E-state index contributed by atoms with van der Waals surface area (Å²) in [5.74, 6) is -0.988.